The van der Waals surface area contributed by atoms with Crippen molar-refractivity contribution in [1.29, 1.82) is 0 Å². The van der Waals surface area contributed by atoms with Crippen molar-refractivity contribution in [3.05, 3.63) is 119 Å². The number of anilines is 4. The van der Waals surface area contributed by atoms with E-state index in [4.69, 9.17) is 0 Å². The summed E-state index contributed by atoms with van der Waals surface area (Å²) in [5, 5.41) is 5.50. The molecule has 0 radical (unpaired) electrons. The Labute approximate surface area is 351 Å². The Morgan fingerprint density at radius 2 is 1.31 bits per heavy atom. The maximum Gasteiger partial charge on any atom is 0.333 e. The zero-order valence-corrected chi connectivity index (χ0v) is 37.0. The Kier molecular flexibility index (Phi) is 6.93. The third kappa shape index (κ3) is 4.40. The molecule has 12 rings (SSSR count). The SMILES string of the molecule is Cc1cc(C(C)(C)C)ccc1N1B2c3cc(C(C)(C)C)cc4c3N(c3cc5c(sc6ccccc65)c(c32)-c2cc3c(cc21)sc1ccccc13)C1(C)CCCCC41C. The van der Waals surface area contributed by atoms with Gasteiger partial charge in [-0.15, -0.1) is 22.7 Å². The molecule has 5 heterocycles. The molecule has 0 N–H and O–H groups in total. The number of nitrogens with zero attached hydrogens (tertiary/aromatic N) is 2. The van der Waals surface area contributed by atoms with E-state index in [1.165, 1.54) is 128 Å². The number of aryl methyl sites for hydroxylation is 1. The Balaban J connectivity index is 1.30. The van der Waals surface area contributed by atoms with Crippen LogP contribution in [0.25, 0.3) is 51.5 Å². The summed E-state index contributed by atoms with van der Waals surface area (Å²) in [6, 6.07) is 38.6. The Bertz CT molecular complexity index is 3120. The van der Waals surface area contributed by atoms with E-state index in [-0.39, 0.29) is 28.6 Å². The molecule has 2 nitrogen and oxygen atoms in total. The highest BCUT2D eigenvalue weighted by atomic mass is 32.1. The number of hydrogen-bond acceptors (Lipinski definition) is 4. The fourth-order valence-corrected chi connectivity index (χ4v) is 14.2. The third-order valence-corrected chi connectivity index (χ3v) is 17.5. The van der Waals surface area contributed by atoms with E-state index in [0.29, 0.717) is 0 Å². The van der Waals surface area contributed by atoms with Crippen molar-refractivity contribution in [2.24, 2.45) is 0 Å². The molecule has 288 valence electrons. The predicted octanol–water partition coefficient (Wildman–Crippen LogP) is 14.3. The normalized spacial score (nSPS) is 20.9. The van der Waals surface area contributed by atoms with Crippen LogP contribution < -0.4 is 20.6 Å². The van der Waals surface area contributed by atoms with Gasteiger partial charge >= 0.3 is 6.85 Å². The molecule has 4 aliphatic rings. The second-order valence-electron chi connectivity index (χ2n) is 20.5. The highest BCUT2D eigenvalue weighted by molar-refractivity contribution is 7.27. The predicted molar refractivity (Wildman–Crippen MR) is 256 cm³/mol. The molecule has 2 atom stereocenters. The number of thiophene rings is 2. The first-order valence-corrected chi connectivity index (χ1v) is 23.1. The first kappa shape index (κ1) is 35.4. The zero-order valence-electron chi connectivity index (χ0n) is 35.4. The molecule has 6 aromatic carbocycles. The minimum Gasteiger partial charge on any atom is -0.376 e. The molecular formula is C53H51BN2S2. The van der Waals surface area contributed by atoms with Crippen LogP contribution >= 0.6 is 22.7 Å². The topological polar surface area (TPSA) is 6.48 Å². The zero-order chi connectivity index (χ0) is 39.8. The summed E-state index contributed by atoms with van der Waals surface area (Å²) < 4.78 is 5.51. The monoisotopic (exact) mass is 790 g/mol. The van der Waals surface area contributed by atoms with Gasteiger partial charge in [-0.2, -0.15) is 0 Å². The highest BCUT2D eigenvalue weighted by Crippen LogP contribution is 2.63. The van der Waals surface area contributed by atoms with Crippen molar-refractivity contribution in [2.75, 3.05) is 9.71 Å². The van der Waals surface area contributed by atoms with Crippen LogP contribution in [0.1, 0.15) is 103 Å². The van der Waals surface area contributed by atoms with Crippen LogP contribution in [0.3, 0.4) is 0 Å². The smallest absolute Gasteiger partial charge is 0.333 e. The van der Waals surface area contributed by atoms with Crippen LogP contribution in [-0.2, 0) is 16.2 Å². The fourth-order valence-electron chi connectivity index (χ4n) is 11.9. The quantitative estimate of drug-likeness (QED) is 0.153. The van der Waals surface area contributed by atoms with Gasteiger partial charge in [0.25, 0.3) is 0 Å². The van der Waals surface area contributed by atoms with Gasteiger partial charge in [-0.1, -0.05) is 122 Å². The summed E-state index contributed by atoms with van der Waals surface area (Å²) in [6.07, 6.45) is 4.97. The molecule has 3 aliphatic heterocycles. The first-order valence-electron chi connectivity index (χ1n) is 21.5. The van der Waals surface area contributed by atoms with E-state index in [9.17, 15) is 0 Å². The van der Waals surface area contributed by atoms with Crippen molar-refractivity contribution in [3.63, 3.8) is 0 Å². The highest BCUT2D eigenvalue weighted by Gasteiger charge is 2.62. The Morgan fingerprint density at radius 1 is 0.621 bits per heavy atom. The standard InChI is InChI=1S/C53H51BN2S2/c1-30-24-31(50(2,3)4)20-21-40(30)56-41-29-45-35(33-16-10-12-18-43(33)57-45)27-37(41)46-47-42(28-36-34-17-11-13-19-44(34)58-49(36)46)55-48-38(52(8)22-14-15-23-53(52,55)9)25-32(51(5,6)7)26-39(48)54(47)56/h10-13,16-21,24-29H,14-15,22-23H2,1-9H3. The molecule has 0 spiro atoms. The van der Waals surface area contributed by atoms with Crippen molar-refractivity contribution in [2.45, 2.75) is 110 Å². The lowest BCUT2D eigenvalue weighted by Gasteiger charge is -2.53. The molecular weight excluding hydrogens is 740 g/mol. The van der Waals surface area contributed by atoms with Gasteiger partial charge in [0.1, 0.15) is 0 Å². The number of rotatable bonds is 1. The van der Waals surface area contributed by atoms with E-state index in [1.54, 1.807) is 5.56 Å². The summed E-state index contributed by atoms with van der Waals surface area (Å²) in [7, 11) is 0. The van der Waals surface area contributed by atoms with E-state index in [2.05, 4.69) is 169 Å². The van der Waals surface area contributed by atoms with Crippen LogP contribution in [0.4, 0.5) is 22.7 Å². The number of benzene rings is 6. The molecule has 0 amide bonds. The van der Waals surface area contributed by atoms with Crippen LogP contribution in [0.5, 0.6) is 0 Å². The minimum absolute atomic E-state index is 0.00380. The molecule has 58 heavy (non-hydrogen) atoms. The maximum absolute atomic E-state index is 2.92. The lowest BCUT2D eigenvalue weighted by molar-refractivity contribution is 0.195. The van der Waals surface area contributed by atoms with Gasteiger partial charge in [-0.25, -0.2) is 0 Å². The number of fused-ring (bicyclic) bond motifs is 14. The van der Waals surface area contributed by atoms with Crippen LogP contribution in [0.2, 0.25) is 0 Å². The Hall–Kier alpha value is -4.58. The van der Waals surface area contributed by atoms with Crippen LogP contribution in [0, 0.1) is 6.92 Å². The van der Waals surface area contributed by atoms with E-state index in [0.717, 1.165) is 0 Å². The van der Waals surface area contributed by atoms with E-state index >= 15 is 0 Å². The van der Waals surface area contributed by atoms with E-state index < -0.39 is 0 Å². The molecule has 1 aliphatic carbocycles. The maximum atomic E-state index is 2.92. The molecule has 1 saturated carbocycles. The van der Waals surface area contributed by atoms with Gasteiger partial charge in [0.15, 0.2) is 0 Å². The van der Waals surface area contributed by atoms with Crippen molar-refractivity contribution >= 4 is 104 Å². The molecule has 8 aromatic rings. The van der Waals surface area contributed by atoms with Crippen molar-refractivity contribution in [3.8, 4) is 11.1 Å². The third-order valence-electron chi connectivity index (χ3n) is 15.2. The second kappa shape index (κ2) is 11.4. The summed E-state index contributed by atoms with van der Waals surface area (Å²) in [5.74, 6) is 0. The molecule has 5 heteroatoms. The van der Waals surface area contributed by atoms with Gasteiger partial charge < -0.3 is 9.71 Å². The van der Waals surface area contributed by atoms with Crippen LogP contribution in [0.15, 0.2) is 97.1 Å². The molecule has 2 unspecified atom stereocenters. The average Bonchev–Trinajstić information content (AvgIpc) is 3.81. The lowest BCUT2D eigenvalue weighted by atomic mass is 9.43. The molecule has 0 saturated heterocycles. The van der Waals surface area contributed by atoms with Crippen molar-refractivity contribution < 1.29 is 0 Å². The average molecular weight is 791 g/mol. The van der Waals surface area contributed by atoms with Crippen molar-refractivity contribution in [1.82, 2.24) is 0 Å². The van der Waals surface area contributed by atoms with E-state index in [1.807, 2.05) is 22.7 Å². The second-order valence-corrected chi connectivity index (χ2v) is 22.6. The molecule has 2 aromatic heterocycles. The first-order chi connectivity index (χ1) is 27.7. The van der Waals surface area contributed by atoms with Gasteiger partial charge in [0.2, 0.25) is 0 Å². The number of hydrogen-bond donors (Lipinski definition) is 0. The van der Waals surface area contributed by atoms with Gasteiger partial charge in [0.05, 0.1) is 5.54 Å². The summed E-state index contributed by atoms with van der Waals surface area (Å²) >= 11 is 3.94. The van der Waals surface area contributed by atoms with Crippen LogP contribution in [-0.4, -0.2) is 12.4 Å². The lowest BCUT2D eigenvalue weighted by Crippen LogP contribution is -2.64. The van der Waals surface area contributed by atoms with Gasteiger partial charge in [0, 0.05) is 79.6 Å². The largest absolute Gasteiger partial charge is 0.376 e. The van der Waals surface area contributed by atoms with Gasteiger partial charge in [-0.3, -0.25) is 0 Å². The molecule has 1 fully saturated rings. The van der Waals surface area contributed by atoms with Gasteiger partial charge in [-0.05, 0) is 107 Å². The fraction of sp³-hybridized carbons (Fsp3) is 0.321. The summed E-state index contributed by atoms with van der Waals surface area (Å²) in [5.41, 5.74) is 17.2. The summed E-state index contributed by atoms with van der Waals surface area (Å²) in [4.78, 5) is 5.72. The Morgan fingerprint density at radius 3 is 2.03 bits per heavy atom. The summed E-state index contributed by atoms with van der Waals surface area (Å²) in [6.45, 7) is 21.9. The molecule has 0 bridgehead atoms. The minimum atomic E-state index is -0.0417.